The Morgan fingerprint density at radius 2 is 1.88 bits per heavy atom. The lowest BCUT2D eigenvalue weighted by molar-refractivity contribution is 0.568. The summed E-state index contributed by atoms with van der Waals surface area (Å²) in [7, 11) is 0. The predicted molar refractivity (Wildman–Crippen MR) is 64.7 cm³/mol. The van der Waals surface area contributed by atoms with Gasteiger partial charge in [-0.3, -0.25) is 0 Å². The summed E-state index contributed by atoms with van der Waals surface area (Å²) in [5.41, 5.74) is 0.617. The van der Waals surface area contributed by atoms with Crippen LogP contribution >= 0.6 is 0 Å². The molecular formula is C14H9FO2. The molecule has 1 aromatic heterocycles. The number of fused-ring (bicyclic) bond motifs is 3. The van der Waals surface area contributed by atoms with Gasteiger partial charge in [-0.05, 0) is 30.7 Å². The third-order valence-corrected chi connectivity index (χ3v) is 2.81. The zero-order valence-electron chi connectivity index (χ0n) is 9.16. The Labute approximate surface area is 96.3 Å². The van der Waals surface area contributed by atoms with Crippen molar-refractivity contribution in [3.05, 3.63) is 58.2 Å². The van der Waals surface area contributed by atoms with E-state index in [9.17, 15) is 9.18 Å². The highest BCUT2D eigenvalue weighted by Gasteiger charge is 2.11. The van der Waals surface area contributed by atoms with Crippen molar-refractivity contribution in [1.29, 1.82) is 0 Å². The molecule has 0 saturated heterocycles. The third kappa shape index (κ3) is 1.43. The van der Waals surface area contributed by atoms with Gasteiger partial charge >= 0.3 is 5.63 Å². The Kier molecular flexibility index (Phi) is 2.01. The van der Waals surface area contributed by atoms with Gasteiger partial charge in [0.15, 0.2) is 0 Å². The lowest BCUT2D eigenvalue weighted by atomic mass is 10.0. The van der Waals surface area contributed by atoms with E-state index in [4.69, 9.17) is 4.42 Å². The maximum Gasteiger partial charge on any atom is 0.344 e. The normalized spacial score (nSPS) is 11.2. The number of halogens is 1. The van der Waals surface area contributed by atoms with Crippen LogP contribution in [-0.2, 0) is 0 Å². The molecule has 3 heteroatoms. The first kappa shape index (κ1) is 10.0. The Bertz CT molecular complexity index is 787. The summed E-state index contributed by atoms with van der Waals surface area (Å²) in [6, 6.07) is 10.0. The van der Waals surface area contributed by atoms with E-state index in [0.29, 0.717) is 27.3 Å². The van der Waals surface area contributed by atoms with Crippen molar-refractivity contribution in [2.24, 2.45) is 0 Å². The second kappa shape index (κ2) is 3.42. The molecule has 84 valence electrons. The van der Waals surface area contributed by atoms with Gasteiger partial charge in [-0.2, -0.15) is 0 Å². The van der Waals surface area contributed by atoms with E-state index < -0.39 is 5.63 Å². The summed E-state index contributed by atoms with van der Waals surface area (Å²) in [4.78, 5) is 11.8. The van der Waals surface area contributed by atoms with Crippen LogP contribution in [0.15, 0.2) is 45.6 Å². The van der Waals surface area contributed by atoms with Crippen molar-refractivity contribution in [3.63, 3.8) is 0 Å². The van der Waals surface area contributed by atoms with Gasteiger partial charge in [-0.25, -0.2) is 9.18 Å². The van der Waals surface area contributed by atoms with Crippen LogP contribution in [0.3, 0.4) is 0 Å². The molecular weight excluding hydrogens is 219 g/mol. The fourth-order valence-electron chi connectivity index (χ4n) is 2.09. The maximum atomic E-state index is 14.0. The van der Waals surface area contributed by atoms with Crippen molar-refractivity contribution in [2.75, 3.05) is 0 Å². The molecule has 0 amide bonds. The maximum absolute atomic E-state index is 14.0. The first-order valence-electron chi connectivity index (χ1n) is 5.28. The van der Waals surface area contributed by atoms with Gasteiger partial charge in [0.25, 0.3) is 0 Å². The number of rotatable bonds is 0. The molecule has 0 aliphatic heterocycles. The summed E-state index contributed by atoms with van der Waals surface area (Å²) in [5, 5.41) is 1.25. The molecule has 0 bridgehead atoms. The molecule has 0 atom stereocenters. The molecule has 1 heterocycles. The van der Waals surface area contributed by atoms with E-state index in [1.807, 2.05) is 0 Å². The fourth-order valence-corrected chi connectivity index (χ4v) is 2.09. The van der Waals surface area contributed by atoms with E-state index in [0.717, 1.165) is 0 Å². The van der Waals surface area contributed by atoms with Crippen LogP contribution in [0, 0.1) is 12.7 Å². The fraction of sp³-hybridized carbons (Fsp3) is 0.0714. The Morgan fingerprint density at radius 3 is 2.71 bits per heavy atom. The number of hydrogen-bond donors (Lipinski definition) is 0. The number of para-hydroxylation sites is 1. The predicted octanol–water partition coefficient (Wildman–Crippen LogP) is 3.39. The van der Waals surface area contributed by atoms with Crippen LogP contribution in [-0.4, -0.2) is 0 Å². The number of hydrogen-bond acceptors (Lipinski definition) is 2. The van der Waals surface area contributed by atoms with Gasteiger partial charge in [0.1, 0.15) is 11.4 Å². The average molecular weight is 228 g/mol. The third-order valence-electron chi connectivity index (χ3n) is 2.81. The lowest BCUT2D eigenvalue weighted by Crippen LogP contribution is -2.01. The second-order valence-electron chi connectivity index (χ2n) is 4.05. The van der Waals surface area contributed by atoms with E-state index in [2.05, 4.69) is 0 Å². The quantitative estimate of drug-likeness (QED) is 0.436. The second-order valence-corrected chi connectivity index (χ2v) is 4.05. The molecule has 0 aliphatic carbocycles. The highest BCUT2D eigenvalue weighted by Crippen LogP contribution is 2.25. The van der Waals surface area contributed by atoms with Crippen molar-refractivity contribution in [1.82, 2.24) is 0 Å². The molecule has 0 radical (unpaired) electrons. The molecule has 0 spiro atoms. The van der Waals surface area contributed by atoms with Gasteiger partial charge in [-0.15, -0.1) is 0 Å². The van der Waals surface area contributed by atoms with Gasteiger partial charge in [0.05, 0.1) is 5.39 Å². The molecule has 17 heavy (non-hydrogen) atoms. The monoisotopic (exact) mass is 228 g/mol. The van der Waals surface area contributed by atoms with Crippen molar-refractivity contribution < 1.29 is 8.81 Å². The average Bonchev–Trinajstić information content (AvgIpc) is 2.29. The molecule has 0 aliphatic rings. The standard InChI is InChI=1S/C14H9FO2/c1-8-6-10-13(11(15)7-8)9-4-2-3-5-12(9)17-14(10)16/h2-7H,1H3. The summed E-state index contributed by atoms with van der Waals surface area (Å²) in [6.07, 6.45) is 0. The highest BCUT2D eigenvalue weighted by molar-refractivity contribution is 6.04. The van der Waals surface area contributed by atoms with Crippen molar-refractivity contribution >= 4 is 21.7 Å². The number of aryl methyl sites for hydroxylation is 1. The van der Waals surface area contributed by atoms with Crippen LogP contribution in [0.2, 0.25) is 0 Å². The molecule has 0 N–H and O–H groups in total. The minimum Gasteiger partial charge on any atom is -0.422 e. The van der Waals surface area contributed by atoms with E-state index in [1.165, 1.54) is 6.07 Å². The van der Waals surface area contributed by atoms with E-state index >= 15 is 0 Å². The minimum atomic E-state index is -0.499. The van der Waals surface area contributed by atoms with Crippen LogP contribution in [0.5, 0.6) is 0 Å². The Morgan fingerprint density at radius 1 is 1.12 bits per heavy atom. The zero-order chi connectivity index (χ0) is 12.0. The Hall–Kier alpha value is -2.16. The zero-order valence-corrected chi connectivity index (χ0v) is 9.16. The molecule has 2 aromatic carbocycles. The van der Waals surface area contributed by atoms with Crippen LogP contribution < -0.4 is 5.63 Å². The smallest absolute Gasteiger partial charge is 0.344 e. The largest absolute Gasteiger partial charge is 0.422 e. The molecule has 2 nitrogen and oxygen atoms in total. The van der Waals surface area contributed by atoms with Crippen LogP contribution in [0.4, 0.5) is 4.39 Å². The van der Waals surface area contributed by atoms with Gasteiger partial charge in [-0.1, -0.05) is 18.2 Å². The molecule has 3 aromatic rings. The highest BCUT2D eigenvalue weighted by atomic mass is 19.1. The molecule has 0 unspecified atom stereocenters. The van der Waals surface area contributed by atoms with Crippen molar-refractivity contribution in [2.45, 2.75) is 6.92 Å². The first-order chi connectivity index (χ1) is 8.16. The summed E-state index contributed by atoms with van der Waals surface area (Å²) in [6.45, 7) is 1.75. The number of benzene rings is 2. The first-order valence-corrected chi connectivity index (χ1v) is 5.28. The lowest BCUT2D eigenvalue weighted by Gasteiger charge is -2.04. The summed E-state index contributed by atoms with van der Waals surface area (Å²) >= 11 is 0. The molecule has 0 saturated carbocycles. The Balaban J connectivity index is 2.70. The van der Waals surface area contributed by atoms with Gasteiger partial charge < -0.3 is 4.42 Å². The van der Waals surface area contributed by atoms with Crippen LogP contribution in [0.25, 0.3) is 21.7 Å². The summed E-state index contributed by atoms with van der Waals surface area (Å²) < 4.78 is 19.1. The molecule has 0 fully saturated rings. The topological polar surface area (TPSA) is 30.2 Å². The van der Waals surface area contributed by atoms with E-state index in [1.54, 1.807) is 37.3 Å². The summed E-state index contributed by atoms with van der Waals surface area (Å²) in [5.74, 6) is -0.385. The van der Waals surface area contributed by atoms with Gasteiger partial charge in [0.2, 0.25) is 0 Å². The van der Waals surface area contributed by atoms with E-state index in [-0.39, 0.29) is 5.82 Å². The minimum absolute atomic E-state index is 0.293. The van der Waals surface area contributed by atoms with Crippen LogP contribution in [0.1, 0.15) is 5.56 Å². The molecule has 3 rings (SSSR count). The SMILES string of the molecule is Cc1cc(F)c2c(c1)c(=O)oc1ccccc12. The van der Waals surface area contributed by atoms with Gasteiger partial charge in [0, 0.05) is 10.8 Å². The van der Waals surface area contributed by atoms with Crippen molar-refractivity contribution in [3.8, 4) is 0 Å².